The minimum Gasteiger partial charge on any atom is -0.424 e. The molecule has 36 heavy (non-hydrogen) atoms. The lowest BCUT2D eigenvalue weighted by molar-refractivity contribution is -0.131. The lowest BCUT2D eigenvalue weighted by Gasteiger charge is -2.29. The fourth-order valence-electron chi connectivity index (χ4n) is 4.67. The van der Waals surface area contributed by atoms with Crippen LogP contribution >= 0.6 is 22.6 Å². The summed E-state index contributed by atoms with van der Waals surface area (Å²) in [5.41, 5.74) is 8.15. The second kappa shape index (κ2) is 9.62. The molecule has 0 fully saturated rings. The Balaban J connectivity index is 1.65. The first-order chi connectivity index (χ1) is 17.3. The Morgan fingerprint density at radius 1 is 1.25 bits per heavy atom. The summed E-state index contributed by atoms with van der Waals surface area (Å²) in [4.78, 5) is 37.8. The molecule has 1 unspecified atom stereocenters. The first kappa shape index (κ1) is 24.4. The number of halogens is 1. The molecular formula is C25H26IN7O3. The van der Waals surface area contributed by atoms with Gasteiger partial charge in [0.15, 0.2) is 5.65 Å². The molecule has 186 valence electrons. The van der Waals surface area contributed by atoms with Crippen LogP contribution in [0.5, 0.6) is 0 Å². The van der Waals surface area contributed by atoms with Crippen molar-refractivity contribution in [3.05, 3.63) is 62.1 Å². The Kier molecular flexibility index (Phi) is 6.51. The van der Waals surface area contributed by atoms with Gasteiger partial charge in [0, 0.05) is 18.7 Å². The molecule has 4 heterocycles. The van der Waals surface area contributed by atoms with Crippen molar-refractivity contribution in [1.82, 2.24) is 29.5 Å². The van der Waals surface area contributed by atoms with Crippen LogP contribution in [0.3, 0.4) is 0 Å². The number of benzene rings is 1. The number of carbonyl (C=O) groups excluding carboxylic acids is 1. The molecule has 5 rings (SSSR count). The molecule has 0 saturated carbocycles. The van der Waals surface area contributed by atoms with Crippen LogP contribution in [0, 0.1) is 3.70 Å². The number of nitrogens with zero attached hydrogens (tertiary/aromatic N) is 6. The van der Waals surface area contributed by atoms with Crippen molar-refractivity contribution in [2.75, 3.05) is 39.5 Å². The number of aromatic nitrogens is 4. The number of carbonyl (C=O) groups is 1. The third kappa shape index (κ3) is 4.26. The zero-order valence-corrected chi connectivity index (χ0v) is 22.4. The molecule has 0 radical (unpaired) electrons. The van der Waals surface area contributed by atoms with E-state index >= 15 is 0 Å². The molecule has 0 spiro atoms. The highest BCUT2D eigenvalue weighted by molar-refractivity contribution is 14.1. The van der Waals surface area contributed by atoms with E-state index in [1.54, 1.807) is 10.7 Å². The molecular weight excluding hydrogens is 573 g/mol. The minimum atomic E-state index is -0.452. The fourth-order valence-corrected chi connectivity index (χ4v) is 5.42. The van der Waals surface area contributed by atoms with Gasteiger partial charge in [-0.3, -0.25) is 4.79 Å². The Morgan fingerprint density at radius 3 is 2.69 bits per heavy atom. The van der Waals surface area contributed by atoms with Gasteiger partial charge in [0.05, 0.1) is 17.3 Å². The van der Waals surface area contributed by atoms with E-state index in [1.165, 1.54) is 6.33 Å². The summed E-state index contributed by atoms with van der Waals surface area (Å²) < 4.78 is 8.38. The van der Waals surface area contributed by atoms with E-state index in [9.17, 15) is 9.59 Å². The summed E-state index contributed by atoms with van der Waals surface area (Å²) in [6.07, 6.45) is 4.10. The van der Waals surface area contributed by atoms with E-state index in [-0.39, 0.29) is 5.91 Å². The number of fused-ring (bicyclic) bond motifs is 2. The molecule has 1 aromatic carbocycles. The normalized spacial score (nSPS) is 15.0. The zero-order valence-electron chi connectivity index (χ0n) is 20.2. The third-order valence-corrected chi connectivity index (χ3v) is 7.18. The molecule has 1 atom stereocenters. The summed E-state index contributed by atoms with van der Waals surface area (Å²) >= 11 is 2.11. The van der Waals surface area contributed by atoms with Crippen molar-refractivity contribution < 1.29 is 9.21 Å². The van der Waals surface area contributed by atoms with Gasteiger partial charge in [-0.2, -0.15) is 5.10 Å². The Bertz CT molecular complexity index is 1570. The Labute approximate surface area is 220 Å². The van der Waals surface area contributed by atoms with Crippen molar-refractivity contribution in [3.8, 4) is 0 Å². The largest absolute Gasteiger partial charge is 0.424 e. The molecule has 1 aliphatic rings. The lowest BCUT2D eigenvalue weighted by atomic mass is 9.92. The number of likely N-dealkylation sites (N-methyl/N-ethyl adjacent to an activating group) is 1. The van der Waals surface area contributed by atoms with Crippen LogP contribution in [0.25, 0.3) is 27.4 Å². The first-order valence-corrected chi connectivity index (χ1v) is 12.7. The number of amides is 1. The van der Waals surface area contributed by atoms with E-state index in [0.29, 0.717) is 57.8 Å². The fraction of sp³-hybridized carbons (Fsp3) is 0.320. The monoisotopic (exact) mass is 599 g/mol. The second-order valence-corrected chi connectivity index (χ2v) is 10.1. The maximum absolute atomic E-state index is 13.0. The number of nitrogen functional groups attached to an aromatic ring is 1. The van der Waals surface area contributed by atoms with Gasteiger partial charge < -0.3 is 20.0 Å². The predicted octanol–water partition coefficient (Wildman–Crippen LogP) is 2.91. The van der Waals surface area contributed by atoms with Crippen LogP contribution in [0.1, 0.15) is 30.7 Å². The minimum absolute atomic E-state index is 0.0863. The number of anilines is 1. The molecule has 3 aromatic heterocycles. The molecule has 1 aliphatic heterocycles. The van der Waals surface area contributed by atoms with Gasteiger partial charge in [0.25, 0.3) is 0 Å². The van der Waals surface area contributed by atoms with E-state index in [1.807, 2.05) is 49.0 Å². The van der Waals surface area contributed by atoms with Gasteiger partial charge in [-0.05, 0) is 67.1 Å². The number of hydrogen-bond acceptors (Lipinski definition) is 8. The van der Waals surface area contributed by atoms with Crippen LogP contribution in [0.4, 0.5) is 5.82 Å². The highest BCUT2D eigenvalue weighted by Gasteiger charge is 2.28. The van der Waals surface area contributed by atoms with Gasteiger partial charge in [0.1, 0.15) is 27.6 Å². The number of rotatable bonds is 5. The van der Waals surface area contributed by atoms with Crippen LogP contribution in [0.15, 0.2) is 45.9 Å². The quantitative estimate of drug-likeness (QED) is 0.348. The first-order valence-electron chi connectivity index (χ1n) is 11.6. The Morgan fingerprint density at radius 2 is 2.00 bits per heavy atom. The summed E-state index contributed by atoms with van der Waals surface area (Å²) in [5.74, 6) is 0.930. The number of hydrogen-bond donors (Lipinski definition) is 1. The van der Waals surface area contributed by atoms with Gasteiger partial charge in [-0.25, -0.2) is 19.4 Å². The highest BCUT2D eigenvalue weighted by atomic mass is 127. The highest BCUT2D eigenvalue weighted by Crippen LogP contribution is 2.36. The molecule has 0 bridgehead atoms. The van der Waals surface area contributed by atoms with E-state index < -0.39 is 11.7 Å². The van der Waals surface area contributed by atoms with Crippen molar-refractivity contribution in [3.63, 3.8) is 0 Å². The average molecular weight is 599 g/mol. The van der Waals surface area contributed by atoms with Crippen LogP contribution in [-0.4, -0.2) is 69.2 Å². The number of nitrogens with two attached hydrogens (primary N) is 1. The SMILES string of the molecule is CC(c1oc(=O)c2ccccc2c1C1=CCN(C(=O)CN(C)C)CC1)n1nc(I)c2c(N)ncnc21. The van der Waals surface area contributed by atoms with Gasteiger partial charge in [0.2, 0.25) is 5.91 Å². The van der Waals surface area contributed by atoms with Crippen LogP contribution in [0.2, 0.25) is 0 Å². The van der Waals surface area contributed by atoms with Crippen molar-refractivity contribution >= 4 is 61.7 Å². The lowest BCUT2D eigenvalue weighted by Crippen LogP contribution is -2.40. The third-order valence-electron chi connectivity index (χ3n) is 6.42. The van der Waals surface area contributed by atoms with Gasteiger partial charge in [-0.15, -0.1) is 0 Å². The molecule has 11 heteroatoms. The van der Waals surface area contributed by atoms with E-state index in [2.05, 4.69) is 43.7 Å². The van der Waals surface area contributed by atoms with Crippen molar-refractivity contribution in [1.29, 1.82) is 0 Å². The zero-order chi connectivity index (χ0) is 25.6. The van der Waals surface area contributed by atoms with Crippen LogP contribution in [-0.2, 0) is 4.79 Å². The van der Waals surface area contributed by atoms with Gasteiger partial charge in [-0.1, -0.05) is 24.3 Å². The molecule has 2 N–H and O–H groups in total. The summed E-state index contributed by atoms with van der Waals surface area (Å²) in [6, 6.07) is 7.00. The predicted molar refractivity (Wildman–Crippen MR) is 146 cm³/mol. The van der Waals surface area contributed by atoms with E-state index in [4.69, 9.17) is 10.2 Å². The summed E-state index contributed by atoms with van der Waals surface area (Å²) in [7, 11) is 3.77. The summed E-state index contributed by atoms with van der Waals surface area (Å²) in [6.45, 7) is 3.38. The topological polar surface area (TPSA) is 123 Å². The maximum atomic E-state index is 13.0. The van der Waals surface area contributed by atoms with Crippen LogP contribution < -0.4 is 11.4 Å². The maximum Gasteiger partial charge on any atom is 0.343 e. The average Bonchev–Trinajstić information content (AvgIpc) is 3.21. The standard InChI is InChI=1S/C25H26IN7O3/c1-14(33-24-20(22(26)30-33)23(27)28-13-29-24)21-19(16-6-4-5-7-17(16)25(35)36-21)15-8-10-32(11-9-15)18(34)12-31(2)3/h4-8,13-14H,9-12H2,1-3H3,(H2,27,28,29). The molecule has 0 aliphatic carbocycles. The van der Waals surface area contributed by atoms with E-state index in [0.717, 1.165) is 16.5 Å². The smallest absolute Gasteiger partial charge is 0.343 e. The molecule has 0 saturated heterocycles. The second-order valence-electron chi connectivity index (χ2n) is 9.10. The van der Waals surface area contributed by atoms with Crippen molar-refractivity contribution in [2.45, 2.75) is 19.4 Å². The molecule has 1 amide bonds. The molecule has 10 nitrogen and oxygen atoms in total. The molecule has 4 aromatic rings. The summed E-state index contributed by atoms with van der Waals surface area (Å²) in [5, 5.41) is 6.67. The Hall–Kier alpha value is -3.32. The van der Waals surface area contributed by atoms with Crippen molar-refractivity contribution in [2.24, 2.45) is 0 Å². The van der Waals surface area contributed by atoms with Gasteiger partial charge >= 0.3 is 5.63 Å².